The molecule has 0 spiro atoms. The quantitative estimate of drug-likeness (QED) is 0.636. The molecule has 1 saturated heterocycles. The van der Waals surface area contributed by atoms with Gasteiger partial charge in [0.2, 0.25) is 0 Å². The standard InChI is InChI=1S/C22H27ClFN3OS/c1-17-15-19(23)5-8-21(17)25-22(29)27(16-18-3-6-20(24)7-4-18)10-2-9-26-11-13-28-14-12-26/h3-8,15H,2,9-14,16H2,1H3,(H,25,29). The van der Waals surface area contributed by atoms with Crippen LogP contribution in [0.1, 0.15) is 17.5 Å². The van der Waals surface area contributed by atoms with Crippen LogP contribution in [0, 0.1) is 12.7 Å². The second kappa shape index (κ2) is 10.9. The minimum Gasteiger partial charge on any atom is -0.379 e. The molecule has 0 saturated carbocycles. The zero-order chi connectivity index (χ0) is 20.6. The molecule has 156 valence electrons. The minimum absolute atomic E-state index is 0.231. The van der Waals surface area contributed by atoms with E-state index >= 15 is 0 Å². The first kappa shape index (κ1) is 22.0. The van der Waals surface area contributed by atoms with Crippen LogP contribution in [-0.2, 0) is 11.3 Å². The predicted molar refractivity (Wildman–Crippen MR) is 121 cm³/mol. The SMILES string of the molecule is Cc1cc(Cl)ccc1NC(=S)N(CCCN1CCOCC1)Cc1ccc(F)cc1. The van der Waals surface area contributed by atoms with Crippen molar-refractivity contribution in [3.8, 4) is 0 Å². The van der Waals surface area contributed by atoms with Gasteiger partial charge in [-0.25, -0.2) is 4.39 Å². The molecule has 0 unspecified atom stereocenters. The smallest absolute Gasteiger partial charge is 0.173 e. The first-order valence-electron chi connectivity index (χ1n) is 9.88. The number of aryl methyl sites for hydroxylation is 1. The predicted octanol–water partition coefficient (Wildman–Crippen LogP) is 4.71. The van der Waals surface area contributed by atoms with Crippen LogP contribution >= 0.6 is 23.8 Å². The van der Waals surface area contributed by atoms with Crippen molar-refractivity contribution < 1.29 is 9.13 Å². The van der Waals surface area contributed by atoms with E-state index in [-0.39, 0.29) is 5.82 Å². The van der Waals surface area contributed by atoms with Crippen LogP contribution in [0.25, 0.3) is 0 Å². The van der Waals surface area contributed by atoms with Gasteiger partial charge in [-0.05, 0) is 67.0 Å². The van der Waals surface area contributed by atoms with E-state index in [2.05, 4.69) is 15.1 Å². The number of hydrogen-bond donors (Lipinski definition) is 1. The lowest BCUT2D eigenvalue weighted by Crippen LogP contribution is -2.40. The summed E-state index contributed by atoms with van der Waals surface area (Å²) in [6.45, 7) is 8.00. The fourth-order valence-corrected chi connectivity index (χ4v) is 3.83. The highest BCUT2D eigenvalue weighted by atomic mass is 35.5. The molecule has 4 nitrogen and oxygen atoms in total. The average molecular weight is 436 g/mol. The molecule has 2 aromatic rings. The number of ether oxygens (including phenoxy) is 1. The molecule has 29 heavy (non-hydrogen) atoms. The van der Waals surface area contributed by atoms with E-state index in [9.17, 15) is 4.39 Å². The number of nitrogens with one attached hydrogen (secondary N) is 1. The second-order valence-corrected chi connectivity index (χ2v) is 8.07. The first-order chi connectivity index (χ1) is 14.0. The fraction of sp³-hybridized carbons (Fsp3) is 0.409. The zero-order valence-electron chi connectivity index (χ0n) is 16.7. The van der Waals surface area contributed by atoms with Crippen molar-refractivity contribution in [3.05, 3.63) is 64.4 Å². The summed E-state index contributed by atoms with van der Waals surface area (Å²) < 4.78 is 18.7. The lowest BCUT2D eigenvalue weighted by molar-refractivity contribution is 0.0368. The average Bonchev–Trinajstić information content (AvgIpc) is 2.71. The van der Waals surface area contributed by atoms with Crippen LogP contribution in [0.2, 0.25) is 5.02 Å². The van der Waals surface area contributed by atoms with Gasteiger partial charge in [0.1, 0.15) is 5.82 Å². The van der Waals surface area contributed by atoms with E-state index in [1.807, 2.05) is 25.1 Å². The van der Waals surface area contributed by atoms with E-state index in [0.717, 1.165) is 62.6 Å². The number of halogens is 2. The molecule has 0 aromatic heterocycles. The number of morpholine rings is 1. The van der Waals surface area contributed by atoms with E-state index in [1.165, 1.54) is 12.1 Å². The Balaban J connectivity index is 1.64. The summed E-state index contributed by atoms with van der Waals surface area (Å²) >= 11 is 11.8. The number of nitrogens with zero attached hydrogens (tertiary/aromatic N) is 2. The highest BCUT2D eigenvalue weighted by molar-refractivity contribution is 7.80. The molecule has 1 aliphatic rings. The summed E-state index contributed by atoms with van der Waals surface area (Å²) in [5.41, 5.74) is 3.00. The van der Waals surface area contributed by atoms with Gasteiger partial charge in [-0.2, -0.15) is 0 Å². The Morgan fingerprint density at radius 1 is 1.21 bits per heavy atom. The summed E-state index contributed by atoms with van der Waals surface area (Å²) in [4.78, 5) is 4.55. The summed E-state index contributed by atoms with van der Waals surface area (Å²) in [5, 5.41) is 4.70. The number of hydrogen-bond acceptors (Lipinski definition) is 3. The third-order valence-corrected chi connectivity index (χ3v) is 5.61. The molecule has 1 aliphatic heterocycles. The molecule has 3 rings (SSSR count). The zero-order valence-corrected chi connectivity index (χ0v) is 18.2. The molecular formula is C22H27ClFN3OS. The monoisotopic (exact) mass is 435 g/mol. The van der Waals surface area contributed by atoms with Gasteiger partial charge in [0.15, 0.2) is 5.11 Å². The van der Waals surface area contributed by atoms with Crippen LogP contribution in [0.3, 0.4) is 0 Å². The topological polar surface area (TPSA) is 27.7 Å². The number of rotatable bonds is 7. The summed E-state index contributed by atoms with van der Waals surface area (Å²) in [7, 11) is 0. The summed E-state index contributed by atoms with van der Waals surface area (Å²) in [6.07, 6.45) is 0.989. The van der Waals surface area contributed by atoms with Gasteiger partial charge in [-0.15, -0.1) is 0 Å². The Bertz CT molecular complexity index is 812. The highest BCUT2D eigenvalue weighted by Gasteiger charge is 2.14. The second-order valence-electron chi connectivity index (χ2n) is 7.24. The van der Waals surface area contributed by atoms with Crippen LogP contribution < -0.4 is 5.32 Å². The molecule has 0 aliphatic carbocycles. The molecular weight excluding hydrogens is 409 g/mol. The Hall–Kier alpha value is -1.73. The summed E-state index contributed by atoms with van der Waals surface area (Å²) in [6, 6.07) is 12.3. The molecule has 0 bridgehead atoms. The van der Waals surface area contributed by atoms with Gasteiger partial charge in [0.05, 0.1) is 13.2 Å². The Labute approximate surface area is 182 Å². The Kier molecular flexibility index (Phi) is 8.24. The maximum Gasteiger partial charge on any atom is 0.173 e. The molecule has 0 radical (unpaired) electrons. The van der Waals surface area contributed by atoms with Gasteiger partial charge in [-0.1, -0.05) is 23.7 Å². The van der Waals surface area contributed by atoms with Crippen LogP contribution in [0.4, 0.5) is 10.1 Å². The molecule has 0 atom stereocenters. The Morgan fingerprint density at radius 3 is 2.62 bits per heavy atom. The molecule has 1 heterocycles. The van der Waals surface area contributed by atoms with Crippen LogP contribution in [0.15, 0.2) is 42.5 Å². The third-order valence-electron chi connectivity index (χ3n) is 5.01. The number of thiocarbonyl (C=S) groups is 1. The van der Waals surface area contributed by atoms with Crippen molar-refractivity contribution in [2.75, 3.05) is 44.7 Å². The molecule has 2 aromatic carbocycles. The maximum atomic E-state index is 13.3. The number of benzene rings is 2. The molecule has 1 N–H and O–H groups in total. The van der Waals surface area contributed by atoms with Gasteiger partial charge in [0.25, 0.3) is 0 Å². The van der Waals surface area contributed by atoms with Gasteiger partial charge < -0.3 is 15.0 Å². The normalized spacial score (nSPS) is 14.6. The summed E-state index contributed by atoms with van der Waals surface area (Å²) in [5.74, 6) is -0.231. The van der Waals surface area contributed by atoms with Crippen molar-refractivity contribution >= 4 is 34.6 Å². The molecule has 7 heteroatoms. The van der Waals surface area contributed by atoms with Crippen LogP contribution in [-0.4, -0.2) is 54.3 Å². The van der Waals surface area contributed by atoms with Crippen molar-refractivity contribution in [2.24, 2.45) is 0 Å². The van der Waals surface area contributed by atoms with Crippen molar-refractivity contribution in [1.82, 2.24) is 9.80 Å². The fourth-order valence-electron chi connectivity index (χ4n) is 3.33. The number of anilines is 1. The van der Waals surface area contributed by atoms with Crippen molar-refractivity contribution in [3.63, 3.8) is 0 Å². The van der Waals surface area contributed by atoms with E-state index < -0.39 is 0 Å². The van der Waals surface area contributed by atoms with Gasteiger partial charge in [0, 0.05) is 43.4 Å². The van der Waals surface area contributed by atoms with E-state index in [4.69, 9.17) is 28.6 Å². The highest BCUT2D eigenvalue weighted by Crippen LogP contribution is 2.20. The van der Waals surface area contributed by atoms with Gasteiger partial charge >= 0.3 is 0 Å². The van der Waals surface area contributed by atoms with Gasteiger partial charge in [-0.3, -0.25) is 4.90 Å². The van der Waals surface area contributed by atoms with Crippen molar-refractivity contribution in [1.29, 1.82) is 0 Å². The van der Waals surface area contributed by atoms with Crippen LogP contribution in [0.5, 0.6) is 0 Å². The minimum atomic E-state index is -0.231. The van der Waals surface area contributed by atoms with E-state index in [1.54, 1.807) is 12.1 Å². The maximum absolute atomic E-state index is 13.3. The lowest BCUT2D eigenvalue weighted by atomic mass is 10.2. The lowest BCUT2D eigenvalue weighted by Gasteiger charge is -2.30. The third kappa shape index (κ3) is 6.93. The molecule has 0 amide bonds. The molecule has 1 fully saturated rings. The first-order valence-corrected chi connectivity index (χ1v) is 10.7. The van der Waals surface area contributed by atoms with E-state index in [0.29, 0.717) is 16.7 Å². The largest absolute Gasteiger partial charge is 0.379 e. The Morgan fingerprint density at radius 2 is 1.93 bits per heavy atom. The van der Waals surface area contributed by atoms with Crippen molar-refractivity contribution in [2.45, 2.75) is 19.9 Å².